The van der Waals surface area contributed by atoms with Crippen molar-refractivity contribution in [2.75, 3.05) is 14.1 Å². The zero-order valence-corrected chi connectivity index (χ0v) is 11.0. The predicted molar refractivity (Wildman–Crippen MR) is 69.6 cm³/mol. The molecule has 1 aromatic heterocycles. The summed E-state index contributed by atoms with van der Waals surface area (Å²) < 4.78 is 5.04. The molecule has 2 N–H and O–H groups in total. The Hall–Kier alpha value is -1.59. The molecule has 0 amide bonds. The molecule has 1 unspecified atom stereocenters. The van der Waals surface area contributed by atoms with Crippen molar-refractivity contribution in [1.29, 1.82) is 0 Å². The Kier molecular flexibility index (Phi) is 3.04. The Morgan fingerprint density at radius 2 is 2.06 bits per heavy atom. The van der Waals surface area contributed by atoms with Gasteiger partial charge in [0.2, 0.25) is 0 Å². The summed E-state index contributed by atoms with van der Waals surface area (Å²) in [5.74, 6) is -0.466. The van der Waals surface area contributed by atoms with Crippen LogP contribution in [0, 0.1) is 0 Å². The number of hydrogen-bond acceptors (Lipinski definition) is 4. The standard InChI is InChI=1S/C13H18N2O3/c1-13(2,17)11(15(3)4)8-5-6-9-10(7-8)18-12(16)14-9/h5-7,11,17H,1-4H3,(H,14,16). The predicted octanol–water partition coefficient (Wildman–Crippen LogP) is 1.49. The highest BCUT2D eigenvalue weighted by molar-refractivity contribution is 5.72. The summed E-state index contributed by atoms with van der Waals surface area (Å²) in [5.41, 5.74) is 1.18. The number of rotatable bonds is 3. The van der Waals surface area contributed by atoms with Gasteiger partial charge in [0.1, 0.15) is 0 Å². The van der Waals surface area contributed by atoms with Crippen molar-refractivity contribution >= 4 is 11.1 Å². The number of aliphatic hydroxyl groups is 1. The van der Waals surface area contributed by atoms with Crippen molar-refractivity contribution in [2.45, 2.75) is 25.5 Å². The van der Waals surface area contributed by atoms with Crippen molar-refractivity contribution in [1.82, 2.24) is 9.88 Å². The summed E-state index contributed by atoms with van der Waals surface area (Å²) in [5, 5.41) is 10.2. The number of likely N-dealkylation sites (N-methyl/N-ethyl adjacent to an activating group) is 1. The number of fused-ring (bicyclic) bond motifs is 1. The van der Waals surface area contributed by atoms with Crippen LogP contribution in [0.15, 0.2) is 27.4 Å². The van der Waals surface area contributed by atoms with Gasteiger partial charge in [0, 0.05) is 0 Å². The van der Waals surface area contributed by atoms with E-state index >= 15 is 0 Å². The molecule has 5 heteroatoms. The maximum absolute atomic E-state index is 11.1. The van der Waals surface area contributed by atoms with E-state index in [1.165, 1.54) is 0 Å². The highest BCUT2D eigenvalue weighted by Gasteiger charge is 2.30. The Morgan fingerprint density at radius 1 is 1.39 bits per heavy atom. The van der Waals surface area contributed by atoms with Gasteiger partial charge in [0.25, 0.3) is 0 Å². The minimum Gasteiger partial charge on any atom is -0.408 e. The Labute approximate surface area is 105 Å². The second-order valence-electron chi connectivity index (χ2n) is 5.29. The highest BCUT2D eigenvalue weighted by Crippen LogP contribution is 2.31. The first kappa shape index (κ1) is 12.9. The van der Waals surface area contributed by atoms with Gasteiger partial charge in [-0.15, -0.1) is 0 Å². The molecule has 5 nitrogen and oxygen atoms in total. The number of hydrogen-bond donors (Lipinski definition) is 2. The fraction of sp³-hybridized carbons (Fsp3) is 0.462. The molecule has 1 atom stereocenters. The molecule has 0 aliphatic rings. The second-order valence-corrected chi connectivity index (χ2v) is 5.29. The van der Waals surface area contributed by atoms with Gasteiger partial charge in [-0.25, -0.2) is 4.79 Å². The summed E-state index contributed by atoms with van der Waals surface area (Å²) in [6.07, 6.45) is 0. The number of H-pyrrole nitrogens is 1. The van der Waals surface area contributed by atoms with Crippen LogP contribution in [0.5, 0.6) is 0 Å². The van der Waals surface area contributed by atoms with Crippen LogP contribution in [0.1, 0.15) is 25.5 Å². The third kappa shape index (κ3) is 2.32. The number of nitrogens with one attached hydrogen (secondary N) is 1. The van der Waals surface area contributed by atoms with Gasteiger partial charge >= 0.3 is 5.76 Å². The van der Waals surface area contributed by atoms with Crippen LogP contribution in [0.25, 0.3) is 11.1 Å². The number of benzene rings is 1. The maximum atomic E-state index is 11.1. The smallest absolute Gasteiger partial charge is 0.408 e. The maximum Gasteiger partial charge on any atom is 0.417 e. The molecule has 0 saturated carbocycles. The second kappa shape index (κ2) is 4.26. The highest BCUT2D eigenvalue weighted by atomic mass is 16.4. The van der Waals surface area contributed by atoms with Gasteiger partial charge in [-0.05, 0) is 45.6 Å². The molecule has 98 valence electrons. The SMILES string of the molecule is CN(C)C(c1ccc2[nH]c(=O)oc2c1)C(C)(C)O. The summed E-state index contributed by atoms with van der Waals surface area (Å²) in [6, 6.07) is 5.28. The van der Waals surface area contributed by atoms with Crippen molar-refractivity contribution in [3.63, 3.8) is 0 Å². The lowest BCUT2D eigenvalue weighted by Gasteiger charge is -2.35. The van der Waals surface area contributed by atoms with Gasteiger partial charge in [-0.3, -0.25) is 9.88 Å². The van der Waals surface area contributed by atoms with Gasteiger partial charge in [-0.2, -0.15) is 0 Å². The van der Waals surface area contributed by atoms with Crippen LogP contribution >= 0.6 is 0 Å². The lowest BCUT2D eigenvalue weighted by molar-refractivity contribution is -0.00311. The van der Waals surface area contributed by atoms with E-state index in [1.54, 1.807) is 26.0 Å². The molecule has 1 heterocycles. The lowest BCUT2D eigenvalue weighted by atomic mass is 9.91. The number of aromatic amines is 1. The van der Waals surface area contributed by atoms with Crippen LogP contribution in [0.4, 0.5) is 0 Å². The normalized spacial score (nSPS) is 14.3. The fourth-order valence-electron chi connectivity index (χ4n) is 2.47. The average molecular weight is 250 g/mol. The minimum absolute atomic E-state index is 0.179. The monoisotopic (exact) mass is 250 g/mol. The first-order valence-corrected chi connectivity index (χ1v) is 5.80. The molecule has 0 radical (unpaired) electrons. The fourth-order valence-corrected chi connectivity index (χ4v) is 2.47. The zero-order chi connectivity index (χ0) is 13.5. The van der Waals surface area contributed by atoms with E-state index in [-0.39, 0.29) is 6.04 Å². The van der Waals surface area contributed by atoms with Gasteiger partial charge in [0.05, 0.1) is 17.2 Å². The van der Waals surface area contributed by atoms with Gasteiger partial charge in [-0.1, -0.05) is 6.07 Å². The van der Waals surface area contributed by atoms with Crippen molar-refractivity contribution in [3.05, 3.63) is 34.3 Å². The van der Waals surface area contributed by atoms with Gasteiger partial charge < -0.3 is 9.52 Å². The first-order valence-electron chi connectivity index (χ1n) is 5.80. The third-order valence-electron chi connectivity index (χ3n) is 2.95. The van der Waals surface area contributed by atoms with Crippen molar-refractivity contribution in [2.24, 2.45) is 0 Å². The molecule has 0 aliphatic heterocycles. The van der Waals surface area contributed by atoms with E-state index < -0.39 is 11.4 Å². The molecule has 0 saturated heterocycles. The molecular weight excluding hydrogens is 232 g/mol. The third-order valence-corrected chi connectivity index (χ3v) is 2.95. The van der Waals surface area contributed by atoms with Gasteiger partial charge in [0.15, 0.2) is 5.58 Å². The Morgan fingerprint density at radius 3 is 2.61 bits per heavy atom. The molecule has 2 aromatic rings. The quantitative estimate of drug-likeness (QED) is 0.866. The average Bonchev–Trinajstić information content (AvgIpc) is 2.54. The van der Waals surface area contributed by atoms with Crippen LogP contribution in [-0.4, -0.2) is 34.7 Å². The minimum atomic E-state index is -0.895. The van der Waals surface area contributed by atoms with E-state index in [0.717, 1.165) is 5.56 Å². The van der Waals surface area contributed by atoms with E-state index in [2.05, 4.69) is 4.98 Å². The molecule has 1 aromatic carbocycles. The first-order chi connectivity index (χ1) is 8.29. The van der Waals surface area contributed by atoms with E-state index in [0.29, 0.717) is 11.1 Å². The van der Waals surface area contributed by atoms with E-state index in [1.807, 2.05) is 25.1 Å². The lowest BCUT2D eigenvalue weighted by Crippen LogP contribution is -2.38. The molecule has 18 heavy (non-hydrogen) atoms. The molecule has 0 bridgehead atoms. The molecule has 0 fully saturated rings. The molecule has 0 aliphatic carbocycles. The van der Waals surface area contributed by atoms with Crippen LogP contribution in [-0.2, 0) is 0 Å². The number of oxazole rings is 1. The Bertz CT molecular complexity index is 604. The summed E-state index contributed by atoms with van der Waals surface area (Å²) in [6.45, 7) is 3.52. The summed E-state index contributed by atoms with van der Waals surface area (Å²) >= 11 is 0. The number of aromatic nitrogens is 1. The van der Waals surface area contributed by atoms with Crippen LogP contribution in [0.2, 0.25) is 0 Å². The number of nitrogens with zero attached hydrogens (tertiary/aromatic N) is 1. The van der Waals surface area contributed by atoms with Crippen LogP contribution < -0.4 is 5.76 Å². The van der Waals surface area contributed by atoms with Crippen molar-refractivity contribution < 1.29 is 9.52 Å². The van der Waals surface area contributed by atoms with Crippen LogP contribution in [0.3, 0.4) is 0 Å². The molecular formula is C13H18N2O3. The zero-order valence-electron chi connectivity index (χ0n) is 11.0. The summed E-state index contributed by atoms with van der Waals surface area (Å²) in [4.78, 5) is 15.6. The summed E-state index contributed by atoms with van der Waals surface area (Å²) in [7, 11) is 3.81. The van der Waals surface area contributed by atoms with E-state index in [9.17, 15) is 9.90 Å². The Balaban J connectivity index is 2.54. The van der Waals surface area contributed by atoms with E-state index in [4.69, 9.17) is 4.42 Å². The topological polar surface area (TPSA) is 69.5 Å². The van der Waals surface area contributed by atoms with Crippen molar-refractivity contribution in [3.8, 4) is 0 Å². The molecule has 0 spiro atoms. The largest absolute Gasteiger partial charge is 0.417 e. The molecule has 2 rings (SSSR count).